The second-order valence-electron chi connectivity index (χ2n) is 5.69. The maximum Gasteiger partial charge on any atom is 0.573 e. The highest BCUT2D eigenvalue weighted by Crippen LogP contribution is 2.36. The van der Waals surface area contributed by atoms with E-state index in [1.165, 1.54) is 12.1 Å². The minimum atomic E-state index is -4.89. The van der Waals surface area contributed by atoms with E-state index in [0.29, 0.717) is 31.7 Å². The van der Waals surface area contributed by atoms with Crippen LogP contribution in [0, 0.1) is 0 Å². The number of nitrogens with one attached hydrogen (secondary N) is 1. The Bertz CT molecular complexity index is 572. The molecule has 0 radical (unpaired) electrons. The van der Waals surface area contributed by atoms with E-state index in [1.54, 1.807) is 0 Å². The minimum absolute atomic E-state index is 0.195. The molecule has 0 unspecified atom stereocenters. The van der Waals surface area contributed by atoms with E-state index < -0.39 is 30.8 Å². The lowest BCUT2D eigenvalue weighted by Crippen LogP contribution is -2.45. The van der Waals surface area contributed by atoms with Gasteiger partial charge in [0.2, 0.25) is 0 Å². The van der Waals surface area contributed by atoms with E-state index in [0.717, 1.165) is 6.07 Å². The predicted molar refractivity (Wildman–Crippen MR) is 80.6 cm³/mol. The number of piperazine rings is 1. The first-order valence-corrected chi connectivity index (χ1v) is 8.00. The molecule has 1 atom stereocenters. The van der Waals surface area contributed by atoms with Crippen molar-refractivity contribution in [3.05, 3.63) is 28.8 Å². The number of benzene rings is 1. The van der Waals surface area contributed by atoms with Gasteiger partial charge in [-0.25, -0.2) is 0 Å². The van der Waals surface area contributed by atoms with Gasteiger partial charge in [-0.1, -0.05) is 17.7 Å². The van der Waals surface area contributed by atoms with E-state index in [2.05, 4.69) is 10.1 Å². The quantitative estimate of drug-likeness (QED) is 0.748. The van der Waals surface area contributed by atoms with Gasteiger partial charge in [-0.2, -0.15) is 13.2 Å². The highest BCUT2D eigenvalue weighted by Gasteiger charge is 2.33. The topological polar surface area (TPSA) is 24.5 Å². The largest absolute Gasteiger partial charge is 0.573 e. The van der Waals surface area contributed by atoms with Crippen LogP contribution in [-0.2, 0) is 0 Å². The van der Waals surface area contributed by atoms with Crippen molar-refractivity contribution in [2.24, 2.45) is 0 Å². The van der Waals surface area contributed by atoms with Gasteiger partial charge in [0, 0.05) is 38.6 Å². The molecule has 0 amide bonds. The highest BCUT2D eigenvalue weighted by atomic mass is 35.5. The van der Waals surface area contributed by atoms with Crippen LogP contribution >= 0.6 is 11.6 Å². The summed E-state index contributed by atoms with van der Waals surface area (Å²) < 4.78 is 78.6. The van der Waals surface area contributed by atoms with Gasteiger partial charge >= 0.3 is 12.5 Å². The van der Waals surface area contributed by atoms with Gasteiger partial charge in [0.1, 0.15) is 5.75 Å². The summed E-state index contributed by atoms with van der Waals surface area (Å²) in [7, 11) is 0. The summed E-state index contributed by atoms with van der Waals surface area (Å²) in [5.41, 5.74) is 0.436. The Morgan fingerprint density at radius 3 is 2.28 bits per heavy atom. The number of rotatable bonds is 5. The smallest absolute Gasteiger partial charge is 0.404 e. The molecule has 25 heavy (non-hydrogen) atoms. The number of hydrogen-bond donors (Lipinski definition) is 1. The van der Waals surface area contributed by atoms with Crippen LogP contribution in [0.25, 0.3) is 0 Å². The van der Waals surface area contributed by atoms with Crippen molar-refractivity contribution in [2.75, 3.05) is 26.2 Å². The fraction of sp³-hybridized carbons (Fsp3) is 0.600. The zero-order valence-corrected chi connectivity index (χ0v) is 13.8. The van der Waals surface area contributed by atoms with Crippen molar-refractivity contribution in [1.29, 1.82) is 0 Å². The number of halogens is 7. The lowest BCUT2D eigenvalue weighted by Gasteiger charge is -2.35. The molecule has 1 aromatic rings. The van der Waals surface area contributed by atoms with Gasteiger partial charge in [-0.3, -0.25) is 4.90 Å². The molecule has 0 aromatic heterocycles. The van der Waals surface area contributed by atoms with Gasteiger partial charge in [0.25, 0.3) is 0 Å². The maximum absolute atomic E-state index is 12.6. The molecule has 1 aromatic carbocycles. The fourth-order valence-electron chi connectivity index (χ4n) is 2.79. The van der Waals surface area contributed by atoms with E-state index in [-0.39, 0.29) is 11.4 Å². The second kappa shape index (κ2) is 8.01. The summed E-state index contributed by atoms with van der Waals surface area (Å²) >= 11 is 5.83. The molecule has 1 saturated heterocycles. The Hall–Kier alpha value is -1.19. The molecule has 0 bridgehead atoms. The van der Waals surface area contributed by atoms with Crippen LogP contribution in [0.1, 0.15) is 24.4 Å². The number of hydrogen-bond acceptors (Lipinski definition) is 3. The third-order valence-corrected chi connectivity index (χ3v) is 4.16. The van der Waals surface area contributed by atoms with Gasteiger partial charge in [-0.15, -0.1) is 13.2 Å². The zero-order valence-electron chi connectivity index (χ0n) is 13.1. The third kappa shape index (κ3) is 6.56. The molecule has 3 nitrogen and oxygen atoms in total. The first-order valence-electron chi connectivity index (χ1n) is 7.62. The van der Waals surface area contributed by atoms with Gasteiger partial charge in [0.05, 0.1) is 5.02 Å². The second-order valence-corrected chi connectivity index (χ2v) is 6.10. The number of alkyl halides is 6. The molecular weight excluding hydrogens is 374 g/mol. The molecule has 1 heterocycles. The summed E-state index contributed by atoms with van der Waals surface area (Å²) in [5, 5.41) is 2.81. The summed E-state index contributed by atoms with van der Waals surface area (Å²) in [6.45, 7) is 2.35. The molecule has 10 heteroatoms. The van der Waals surface area contributed by atoms with Gasteiger partial charge in [0.15, 0.2) is 0 Å². The minimum Gasteiger partial charge on any atom is -0.404 e. The van der Waals surface area contributed by atoms with Crippen molar-refractivity contribution in [3.63, 3.8) is 0 Å². The first kappa shape index (κ1) is 20.1. The molecule has 0 aliphatic carbocycles. The normalized spacial score (nSPS) is 18.2. The van der Waals surface area contributed by atoms with E-state index in [4.69, 9.17) is 11.6 Å². The zero-order chi connectivity index (χ0) is 18.7. The van der Waals surface area contributed by atoms with Gasteiger partial charge < -0.3 is 10.1 Å². The first-order chi connectivity index (χ1) is 11.6. The Morgan fingerprint density at radius 2 is 1.76 bits per heavy atom. The summed E-state index contributed by atoms with van der Waals surface area (Å²) in [6.07, 6.45) is -10.4. The molecule has 0 spiro atoms. The monoisotopic (exact) mass is 390 g/mol. The standard InChI is InChI=1S/C15H17ClF6N2O/c16-11-9-10(1-2-13(11)25-15(20,21)22)12(3-4-14(17,18)19)24-7-5-23-6-8-24/h1-2,9,12,23H,3-8H2/t12-/m0/s1. The average Bonchev–Trinajstić information content (AvgIpc) is 2.49. The molecule has 1 aliphatic rings. The van der Waals surface area contributed by atoms with Crippen LogP contribution in [-0.4, -0.2) is 43.6 Å². The number of ether oxygens (including phenoxy) is 1. The summed E-state index contributed by atoms with van der Waals surface area (Å²) in [4.78, 5) is 1.87. The van der Waals surface area contributed by atoms with Crippen LogP contribution in [0.4, 0.5) is 26.3 Å². The predicted octanol–water partition coefficient (Wildman–Crippen LogP) is 4.53. The molecular formula is C15H17ClF6N2O. The van der Waals surface area contributed by atoms with Gasteiger partial charge in [-0.05, 0) is 24.1 Å². The van der Waals surface area contributed by atoms with Crippen molar-refractivity contribution in [1.82, 2.24) is 10.2 Å². The Labute approximate surface area is 145 Å². The third-order valence-electron chi connectivity index (χ3n) is 3.86. The van der Waals surface area contributed by atoms with Crippen molar-refractivity contribution >= 4 is 11.6 Å². The van der Waals surface area contributed by atoms with Crippen molar-refractivity contribution in [3.8, 4) is 5.75 Å². The lowest BCUT2D eigenvalue weighted by atomic mass is 9.99. The van der Waals surface area contributed by atoms with Crippen LogP contribution in [0.3, 0.4) is 0 Å². The molecule has 142 valence electrons. The van der Waals surface area contributed by atoms with Crippen LogP contribution < -0.4 is 10.1 Å². The van der Waals surface area contributed by atoms with Crippen LogP contribution in [0.15, 0.2) is 18.2 Å². The van der Waals surface area contributed by atoms with E-state index >= 15 is 0 Å². The highest BCUT2D eigenvalue weighted by molar-refractivity contribution is 6.32. The SMILES string of the molecule is FC(F)(F)CC[C@@H](c1ccc(OC(F)(F)F)c(Cl)c1)N1CCNCC1. The Morgan fingerprint density at radius 1 is 1.12 bits per heavy atom. The number of nitrogens with zero attached hydrogens (tertiary/aromatic N) is 1. The molecule has 0 saturated carbocycles. The summed E-state index contributed by atoms with van der Waals surface area (Å²) in [5.74, 6) is -0.576. The fourth-order valence-corrected chi connectivity index (χ4v) is 3.01. The molecule has 1 fully saturated rings. The Balaban J connectivity index is 2.21. The summed E-state index contributed by atoms with van der Waals surface area (Å²) in [6, 6.07) is 3.02. The van der Waals surface area contributed by atoms with Crippen LogP contribution in [0.5, 0.6) is 5.75 Å². The average molecular weight is 391 g/mol. The van der Waals surface area contributed by atoms with E-state index in [1.807, 2.05) is 4.90 Å². The molecule has 2 rings (SSSR count). The van der Waals surface area contributed by atoms with Crippen molar-refractivity contribution in [2.45, 2.75) is 31.4 Å². The van der Waals surface area contributed by atoms with Crippen LogP contribution in [0.2, 0.25) is 5.02 Å². The molecule has 1 N–H and O–H groups in total. The maximum atomic E-state index is 12.6. The Kier molecular flexibility index (Phi) is 6.45. The van der Waals surface area contributed by atoms with E-state index in [9.17, 15) is 26.3 Å². The lowest BCUT2D eigenvalue weighted by molar-refractivity contribution is -0.274. The molecule has 1 aliphatic heterocycles. The van der Waals surface area contributed by atoms with Crippen molar-refractivity contribution < 1.29 is 31.1 Å².